The minimum atomic E-state index is -0.892. The van der Waals surface area contributed by atoms with Crippen molar-refractivity contribution in [3.05, 3.63) is 22.9 Å². The first-order valence-electron chi connectivity index (χ1n) is 7.58. The zero-order chi connectivity index (χ0) is 14.5. The average Bonchev–Trinajstić information content (AvgIpc) is 2.83. The lowest BCUT2D eigenvalue weighted by atomic mass is 10.1. The molecule has 0 bridgehead atoms. The molecule has 1 aromatic heterocycles. The van der Waals surface area contributed by atoms with Crippen LogP contribution >= 0.6 is 0 Å². The molecule has 1 aromatic rings. The lowest BCUT2D eigenvalue weighted by Gasteiger charge is -2.11. The van der Waals surface area contributed by atoms with Crippen LogP contribution in [0.25, 0.3) is 0 Å². The highest BCUT2D eigenvalue weighted by Crippen LogP contribution is 2.25. The van der Waals surface area contributed by atoms with Crippen LogP contribution in [0.1, 0.15) is 61.1 Å². The molecule has 0 atom stereocenters. The molecule has 0 fully saturated rings. The molecule has 2 N–H and O–H groups in total. The molecule has 110 valence electrons. The minimum absolute atomic E-state index is 0.314. The van der Waals surface area contributed by atoms with E-state index in [1.165, 1.54) is 6.42 Å². The number of aromatic nitrogens is 1. The normalized spacial score (nSPS) is 13.6. The molecule has 1 aliphatic carbocycles. The SMILES string of the molecule is CC(C)CCCCNc1nc2c(cc1C(=O)O)CCC2. The fourth-order valence-electron chi connectivity index (χ4n) is 2.65. The molecule has 1 aliphatic rings. The van der Waals surface area contributed by atoms with E-state index in [1.54, 1.807) is 6.07 Å². The number of nitrogens with one attached hydrogen (secondary N) is 1. The average molecular weight is 276 g/mol. The summed E-state index contributed by atoms with van der Waals surface area (Å²) < 4.78 is 0. The maximum absolute atomic E-state index is 11.3. The predicted molar refractivity (Wildman–Crippen MR) is 80.4 cm³/mol. The Morgan fingerprint density at radius 1 is 1.40 bits per heavy atom. The summed E-state index contributed by atoms with van der Waals surface area (Å²) in [6.07, 6.45) is 6.44. The van der Waals surface area contributed by atoms with Crippen molar-refractivity contribution in [3.8, 4) is 0 Å². The van der Waals surface area contributed by atoms with E-state index in [-0.39, 0.29) is 0 Å². The number of hydrogen-bond donors (Lipinski definition) is 2. The van der Waals surface area contributed by atoms with Gasteiger partial charge in [0.05, 0.1) is 0 Å². The lowest BCUT2D eigenvalue weighted by molar-refractivity contribution is 0.0697. The number of aromatic carboxylic acids is 1. The largest absolute Gasteiger partial charge is 0.478 e. The van der Waals surface area contributed by atoms with Crippen molar-refractivity contribution in [3.63, 3.8) is 0 Å². The van der Waals surface area contributed by atoms with Crippen LogP contribution in [0.5, 0.6) is 0 Å². The van der Waals surface area contributed by atoms with Gasteiger partial charge in [0, 0.05) is 12.2 Å². The predicted octanol–water partition coefficient (Wildman–Crippen LogP) is 3.51. The number of unbranched alkanes of at least 4 members (excludes halogenated alkanes) is 1. The van der Waals surface area contributed by atoms with Gasteiger partial charge in [0.25, 0.3) is 0 Å². The van der Waals surface area contributed by atoms with E-state index < -0.39 is 5.97 Å². The van der Waals surface area contributed by atoms with Gasteiger partial charge < -0.3 is 10.4 Å². The highest BCUT2D eigenvalue weighted by atomic mass is 16.4. The third-order valence-corrected chi connectivity index (χ3v) is 3.78. The molecule has 0 aromatic carbocycles. The van der Waals surface area contributed by atoms with Gasteiger partial charge >= 0.3 is 5.97 Å². The Morgan fingerprint density at radius 3 is 2.90 bits per heavy atom. The van der Waals surface area contributed by atoms with E-state index in [2.05, 4.69) is 24.1 Å². The Bertz CT molecular complexity index is 484. The van der Waals surface area contributed by atoms with Gasteiger partial charge in [0.1, 0.15) is 11.4 Å². The van der Waals surface area contributed by atoms with Crippen molar-refractivity contribution in [1.82, 2.24) is 4.98 Å². The zero-order valence-electron chi connectivity index (χ0n) is 12.4. The number of anilines is 1. The summed E-state index contributed by atoms with van der Waals surface area (Å²) in [6.45, 7) is 5.23. The number of carboxylic acids is 1. The van der Waals surface area contributed by atoms with Gasteiger partial charge in [0.15, 0.2) is 0 Å². The second-order valence-corrected chi connectivity index (χ2v) is 5.97. The molecule has 0 radical (unpaired) electrons. The van der Waals surface area contributed by atoms with Crippen molar-refractivity contribution < 1.29 is 9.90 Å². The van der Waals surface area contributed by atoms with E-state index in [9.17, 15) is 9.90 Å². The molecule has 4 heteroatoms. The standard InChI is InChI=1S/C16H24N2O2/c1-11(2)6-3-4-9-17-15-13(16(19)20)10-12-7-5-8-14(12)18-15/h10-11H,3-9H2,1-2H3,(H,17,18)(H,19,20). The number of hydrogen-bond acceptors (Lipinski definition) is 3. The van der Waals surface area contributed by atoms with Gasteiger partial charge in [-0.15, -0.1) is 0 Å². The summed E-state index contributed by atoms with van der Waals surface area (Å²) in [5.74, 6) is 0.377. The van der Waals surface area contributed by atoms with Crippen LogP contribution in [0.15, 0.2) is 6.07 Å². The second-order valence-electron chi connectivity index (χ2n) is 5.97. The van der Waals surface area contributed by atoms with E-state index in [0.29, 0.717) is 11.4 Å². The summed E-state index contributed by atoms with van der Waals surface area (Å²) in [4.78, 5) is 15.8. The topological polar surface area (TPSA) is 62.2 Å². The van der Waals surface area contributed by atoms with Crippen LogP contribution in [0, 0.1) is 5.92 Å². The number of carbonyl (C=O) groups is 1. The van der Waals surface area contributed by atoms with Crippen LogP contribution in [0.4, 0.5) is 5.82 Å². The van der Waals surface area contributed by atoms with E-state index in [1.807, 2.05) is 0 Å². The Hall–Kier alpha value is -1.58. The van der Waals surface area contributed by atoms with Crippen molar-refractivity contribution in [2.24, 2.45) is 5.92 Å². The number of rotatable bonds is 7. The Morgan fingerprint density at radius 2 is 2.20 bits per heavy atom. The fraction of sp³-hybridized carbons (Fsp3) is 0.625. The molecular formula is C16H24N2O2. The third kappa shape index (κ3) is 3.71. The molecule has 4 nitrogen and oxygen atoms in total. The monoisotopic (exact) mass is 276 g/mol. The molecule has 1 heterocycles. The van der Waals surface area contributed by atoms with Crippen molar-refractivity contribution >= 4 is 11.8 Å². The number of carboxylic acid groups (broad SMARTS) is 1. The van der Waals surface area contributed by atoms with Crippen molar-refractivity contribution in [2.75, 3.05) is 11.9 Å². The number of nitrogens with zero attached hydrogens (tertiary/aromatic N) is 1. The molecule has 0 amide bonds. The molecule has 0 aliphatic heterocycles. The maximum atomic E-state index is 11.3. The van der Waals surface area contributed by atoms with Gasteiger partial charge in [-0.2, -0.15) is 0 Å². The van der Waals surface area contributed by atoms with Crippen LogP contribution < -0.4 is 5.32 Å². The first kappa shape index (κ1) is 14.8. The first-order valence-corrected chi connectivity index (χ1v) is 7.58. The van der Waals surface area contributed by atoms with Crippen molar-refractivity contribution in [1.29, 1.82) is 0 Å². The third-order valence-electron chi connectivity index (χ3n) is 3.78. The molecule has 0 spiro atoms. The summed E-state index contributed by atoms with van der Waals surface area (Å²) in [6, 6.07) is 1.80. The summed E-state index contributed by atoms with van der Waals surface area (Å²) in [5.41, 5.74) is 2.49. The zero-order valence-corrected chi connectivity index (χ0v) is 12.4. The Balaban J connectivity index is 1.98. The van der Waals surface area contributed by atoms with Crippen LogP contribution in [-0.2, 0) is 12.8 Å². The molecule has 2 rings (SSSR count). The van der Waals surface area contributed by atoms with Gasteiger partial charge in [0.2, 0.25) is 0 Å². The summed E-state index contributed by atoms with van der Waals surface area (Å²) in [5, 5.41) is 12.5. The van der Waals surface area contributed by atoms with Crippen LogP contribution in [0.2, 0.25) is 0 Å². The smallest absolute Gasteiger partial charge is 0.339 e. The minimum Gasteiger partial charge on any atom is -0.478 e. The van der Waals surface area contributed by atoms with Gasteiger partial charge in [-0.25, -0.2) is 9.78 Å². The Kier molecular flexibility index (Phi) is 4.99. The second kappa shape index (κ2) is 6.73. The molecular weight excluding hydrogens is 252 g/mol. The van der Waals surface area contributed by atoms with Crippen LogP contribution in [-0.4, -0.2) is 22.6 Å². The number of fused-ring (bicyclic) bond motifs is 1. The highest BCUT2D eigenvalue weighted by molar-refractivity contribution is 5.93. The fourth-order valence-corrected chi connectivity index (χ4v) is 2.65. The van der Waals surface area contributed by atoms with E-state index in [0.717, 1.165) is 55.8 Å². The summed E-state index contributed by atoms with van der Waals surface area (Å²) >= 11 is 0. The number of pyridine rings is 1. The van der Waals surface area contributed by atoms with Crippen molar-refractivity contribution in [2.45, 2.75) is 52.4 Å². The van der Waals surface area contributed by atoms with Crippen LogP contribution in [0.3, 0.4) is 0 Å². The highest BCUT2D eigenvalue weighted by Gasteiger charge is 2.19. The van der Waals surface area contributed by atoms with Gasteiger partial charge in [-0.3, -0.25) is 0 Å². The molecule has 0 saturated carbocycles. The molecule has 0 saturated heterocycles. The summed E-state index contributed by atoms with van der Waals surface area (Å²) in [7, 11) is 0. The van der Waals surface area contributed by atoms with Gasteiger partial charge in [-0.05, 0) is 43.2 Å². The lowest BCUT2D eigenvalue weighted by Crippen LogP contribution is -2.11. The maximum Gasteiger partial charge on any atom is 0.339 e. The quantitative estimate of drug-likeness (QED) is 0.748. The van der Waals surface area contributed by atoms with E-state index in [4.69, 9.17) is 0 Å². The molecule has 0 unspecified atom stereocenters. The first-order chi connectivity index (χ1) is 9.58. The number of aryl methyl sites for hydroxylation is 2. The Labute approximate surface area is 120 Å². The molecule has 20 heavy (non-hydrogen) atoms. The van der Waals surface area contributed by atoms with E-state index >= 15 is 0 Å². The van der Waals surface area contributed by atoms with Gasteiger partial charge in [-0.1, -0.05) is 26.7 Å².